The highest BCUT2D eigenvalue weighted by Gasteiger charge is 2.58. The number of ether oxygens (including phenoxy) is 5. The smallest absolute Gasteiger partial charge is 0.176 e. The lowest BCUT2D eigenvalue weighted by molar-refractivity contribution is -0.253. The first kappa shape index (κ1) is 16.5. The highest BCUT2D eigenvalue weighted by Crippen LogP contribution is 2.47. The Kier molecular flexibility index (Phi) is 4.39. The van der Waals surface area contributed by atoms with Crippen LogP contribution in [0, 0.1) is 5.92 Å². The van der Waals surface area contributed by atoms with Crippen LogP contribution in [0.1, 0.15) is 32.3 Å². The molecule has 0 bridgehead atoms. The predicted molar refractivity (Wildman–Crippen MR) is 87.3 cm³/mol. The monoisotopic (exact) mass is 334 g/mol. The molecule has 1 saturated carbocycles. The van der Waals surface area contributed by atoms with Gasteiger partial charge in [0.15, 0.2) is 11.6 Å². The average molecular weight is 334 g/mol. The van der Waals surface area contributed by atoms with Crippen LogP contribution in [0.25, 0.3) is 0 Å². The minimum atomic E-state index is -0.582. The maximum absolute atomic E-state index is 6.19. The normalized spacial score (nSPS) is 33.7. The number of hydrogen-bond donors (Lipinski definition) is 0. The van der Waals surface area contributed by atoms with E-state index in [1.165, 1.54) is 0 Å². The summed E-state index contributed by atoms with van der Waals surface area (Å²) < 4.78 is 30.4. The van der Waals surface area contributed by atoms with E-state index in [9.17, 15) is 0 Å². The molecule has 1 spiro atoms. The second-order valence-corrected chi connectivity index (χ2v) is 7.29. The zero-order chi connectivity index (χ0) is 16.6. The molecule has 24 heavy (non-hydrogen) atoms. The van der Waals surface area contributed by atoms with E-state index in [4.69, 9.17) is 23.7 Å². The highest BCUT2D eigenvalue weighted by atomic mass is 16.8. The Morgan fingerprint density at radius 2 is 1.83 bits per heavy atom. The fourth-order valence-electron chi connectivity index (χ4n) is 4.14. The maximum Gasteiger partial charge on any atom is 0.176 e. The zero-order valence-corrected chi connectivity index (χ0v) is 14.4. The molecular formula is C19H26O5. The van der Waals surface area contributed by atoms with E-state index in [0.29, 0.717) is 26.4 Å². The van der Waals surface area contributed by atoms with Crippen LogP contribution in [0.15, 0.2) is 30.3 Å². The largest absolute Gasteiger partial charge is 0.376 e. The van der Waals surface area contributed by atoms with Crippen molar-refractivity contribution in [3.8, 4) is 0 Å². The first-order valence-corrected chi connectivity index (χ1v) is 8.83. The summed E-state index contributed by atoms with van der Waals surface area (Å²) in [5, 5.41) is 0. The summed E-state index contributed by atoms with van der Waals surface area (Å²) in [4.78, 5) is 0. The lowest BCUT2D eigenvalue weighted by Gasteiger charge is -2.43. The fourth-order valence-corrected chi connectivity index (χ4v) is 4.14. The summed E-state index contributed by atoms with van der Waals surface area (Å²) in [7, 11) is 0. The molecule has 3 aliphatic rings. The van der Waals surface area contributed by atoms with Gasteiger partial charge in [0, 0.05) is 6.42 Å². The van der Waals surface area contributed by atoms with Gasteiger partial charge < -0.3 is 23.7 Å². The molecule has 132 valence electrons. The summed E-state index contributed by atoms with van der Waals surface area (Å²) in [6, 6.07) is 10.2. The van der Waals surface area contributed by atoms with Gasteiger partial charge in [-0.15, -0.1) is 0 Å². The molecule has 3 atom stereocenters. The van der Waals surface area contributed by atoms with Gasteiger partial charge in [0.2, 0.25) is 0 Å². The molecule has 2 aliphatic heterocycles. The van der Waals surface area contributed by atoms with Crippen molar-refractivity contribution >= 4 is 0 Å². The van der Waals surface area contributed by atoms with Crippen molar-refractivity contribution in [1.82, 2.24) is 0 Å². The molecule has 0 aromatic heterocycles. The van der Waals surface area contributed by atoms with Gasteiger partial charge in [-0.2, -0.15) is 0 Å². The van der Waals surface area contributed by atoms with Gasteiger partial charge in [0.1, 0.15) is 0 Å². The van der Waals surface area contributed by atoms with Crippen LogP contribution < -0.4 is 0 Å². The molecule has 2 saturated heterocycles. The second-order valence-electron chi connectivity index (χ2n) is 7.29. The number of hydrogen-bond acceptors (Lipinski definition) is 5. The van der Waals surface area contributed by atoms with Crippen LogP contribution in [0.2, 0.25) is 0 Å². The van der Waals surface area contributed by atoms with Crippen molar-refractivity contribution in [2.24, 2.45) is 5.92 Å². The first-order valence-electron chi connectivity index (χ1n) is 8.83. The van der Waals surface area contributed by atoms with Crippen molar-refractivity contribution in [2.75, 3.05) is 19.8 Å². The third-order valence-corrected chi connectivity index (χ3v) is 5.15. The second kappa shape index (κ2) is 6.39. The van der Waals surface area contributed by atoms with Gasteiger partial charge in [-0.3, -0.25) is 0 Å². The quantitative estimate of drug-likeness (QED) is 0.847. The number of rotatable bonds is 4. The number of benzene rings is 1. The molecule has 3 fully saturated rings. The Bertz CT molecular complexity index is 552. The molecule has 1 aromatic carbocycles. The number of fused-ring (bicyclic) bond motifs is 1. The van der Waals surface area contributed by atoms with Crippen LogP contribution in [0.4, 0.5) is 0 Å². The molecule has 5 nitrogen and oxygen atoms in total. The van der Waals surface area contributed by atoms with E-state index in [1.54, 1.807) is 0 Å². The molecule has 0 N–H and O–H groups in total. The lowest BCUT2D eigenvalue weighted by Crippen LogP contribution is -2.55. The van der Waals surface area contributed by atoms with E-state index < -0.39 is 11.6 Å². The van der Waals surface area contributed by atoms with E-state index >= 15 is 0 Å². The molecule has 0 amide bonds. The summed E-state index contributed by atoms with van der Waals surface area (Å²) in [6.45, 7) is 6.32. The molecule has 0 radical (unpaired) electrons. The fraction of sp³-hybridized carbons (Fsp3) is 0.684. The first-order chi connectivity index (χ1) is 11.6. The van der Waals surface area contributed by atoms with Crippen LogP contribution >= 0.6 is 0 Å². The lowest BCUT2D eigenvalue weighted by atomic mass is 9.79. The standard InChI is InChI=1S/C19H26O5/c1-18(2)23-16-8-9-19(21-10-11-22-19)15(17(16)24-18)13-20-12-14-6-4-3-5-7-14/h3-7,15-17H,8-13H2,1-2H3/t15-,16+,17-/m0/s1. The van der Waals surface area contributed by atoms with E-state index in [0.717, 1.165) is 18.4 Å². The van der Waals surface area contributed by atoms with Crippen LogP contribution in [-0.4, -0.2) is 43.6 Å². The SMILES string of the molecule is CC1(C)O[C@@H]2[C@@H](CCC3(OCCO3)[C@H]2COCc2ccccc2)O1. The van der Waals surface area contributed by atoms with Crippen LogP contribution in [-0.2, 0) is 30.3 Å². The van der Waals surface area contributed by atoms with Crippen molar-refractivity contribution in [2.45, 2.75) is 57.1 Å². The maximum atomic E-state index is 6.19. The zero-order valence-electron chi connectivity index (χ0n) is 14.4. The summed E-state index contributed by atoms with van der Waals surface area (Å²) in [6.07, 6.45) is 1.75. The molecule has 4 rings (SSSR count). The Hall–Kier alpha value is -0.980. The van der Waals surface area contributed by atoms with Crippen molar-refractivity contribution in [3.05, 3.63) is 35.9 Å². The van der Waals surface area contributed by atoms with E-state index in [2.05, 4.69) is 12.1 Å². The van der Waals surface area contributed by atoms with Gasteiger partial charge in [0.05, 0.1) is 44.6 Å². The third kappa shape index (κ3) is 3.11. The van der Waals surface area contributed by atoms with Gasteiger partial charge in [0.25, 0.3) is 0 Å². The van der Waals surface area contributed by atoms with Gasteiger partial charge in [-0.05, 0) is 25.8 Å². The van der Waals surface area contributed by atoms with Gasteiger partial charge >= 0.3 is 0 Å². The Balaban J connectivity index is 1.47. The van der Waals surface area contributed by atoms with Crippen molar-refractivity contribution in [1.29, 1.82) is 0 Å². The van der Waals surface area contributed by atoms with Crippen molar-refractivity contribution < 1.29 is 23.7 Å². The molecule has 1 aromatic rings. The molecule has 0 unspecified atom stereocenters. The summed E-state index contributed by atoms with van der Waals surface area (Å²) in [5.74, 6) is -1.12. The molecule has 2 heterocycles. The Morgan fingerprint density at radius 1 is 1.08 bits per heavy atom. The van der Waals surface area contributed by atoms with E-state index in [-0.39, 0.29) is 18.1 Å². The van der Waals surface area contributed by atoms with Crippen LogP contribution in [0.5, 0.6) is 0 Å². The Morgan fingerprint density at radius 3 is 2.58 bits per heavy atom. The average Bonchev–Trinajstić information content (AvgIpc) is 3.15. The summed E-state index contributed by atoms with van der Waals surface area (Å²) in [5.41, 5.74) is 1.16. The topological polar surface area (TPSA) is 46.2 Å². The van der Waals surface area contributed by atoms with Crippen LogP contribution in [0.3, 0.4) is 0 Å². The van der Waals surface area contributed by atoms with E-state index in [1.807, 2.05) is 32.0 Å². The molecule has 5 heteroatoms. The highest BCUT2D eigenvalue weighted by molar-refractivity contribution is 5.13. The van der Waals surface area contributed by atoms with Gasteiger partial charge in [-0.25, -0.2) is 0 Å². The minimum absolute atomic E-state index is 0.0178. The Labute approximate surface area is 143 Å². The molecule has 1 aliphatic carbocycles. The third-order valence-electron chi connectivity index (χ3n) is 5.15. The minimum Gasteiger partial charge on any atom is -0.376 e. The van der Waals surface area contributed by atoms with Crippen molar-refractivity contribution in [3.63, 3.8) is 0 Å². The predicted octanol–water partition coefficient (Wildman–Crippen LogP) is 2.88. The van der Waals surface area contributed by atoms with Gasteiger partial charge in [-0.1, -0.05) is 30.3 Å². The summed E-state index contributed by atoms with van der Waals surface area (Å²) >= 11 is 0. The molecular weight excluding hydrogens is 308 g/mol.